The Kier molecular flexibility index (Phi) is 4.38. The summed E-state index contributed by atoms with van der Waals surface area (Å²) < 4.78 is 1.19. The van der Waals surface area contributed by atoms with E-state index in [0.29, 0.717) is 12.5 Å². The summed E-state index contributed by atoms with van der Waals surface area (Å²) in [6.07, 6.45) is 1.16. The number of hydrogen-bond donors (Lipinski definition) is 1. The number of anilines is 1. The molecular weight excluding hydrogens is 344 g/mol. The Balaban J connectivity index is 2.01. The van der Waals surface area contributed by atoms with Crippen LogP contribution >= 0.6 is 27.3 Å². The summed E-state index contributed by atoms with van der Waals surface area (Å²) in [7, 11) is 0. The second-order valence-corrected chi connectivity index (χ2v) is 8.04. The summed E-state index contributed by atoms with van der Waals surface area (Å²) in [4.78, 5) is 5.17. The molecule has 2 heterocycles. The van der Waals surface area contributed by atoms with Crippen molar-refractivity contribution in [3.63, 3.8) is 0 Å². The van der Waals surface area contributed by atoms with E-state index in [4.69, 9.17) is 5.73 Å². The van der Waals surface area contributed by atoms with Gasteiger partial charge in [-0.1, -0.05) is 25.1 Å². The van der Waals surface area contributed by atoms with Crippen LogP contribution in [0.15, 0.2) is 34.8 Å². The van der Waals surface area contributed by atoms with Crippen molar-refractivity contribution in [2.75, 3.05) is 18.0 Å². The average molecular weight is 365 g/mol. The Morgan fingerprint density at radius 1 is 1.43 bits per heavy atom. The van der Waals surface area contributed by atoms with Gasteiger partial charge in [0.25, 0.3) is 0 Å². The molecule has 2 N–H and O–H groups in total. The molecule has 0 saturated heterocycles. The zero-order chi connectivity index (χ0) is 15.0. The number of para-hydroxylation sites is 1. The lowest BCUT2D eigenvalue weighted by atomic mass is 9.92. The van der Waals surface area contributed by atoms with Crippen LogP contribution in [0.4, 0.5) is 5.69 Å². The van der Waals surface area contributed by atoms with Gasteiger partial charge in [-0.3, -0.25) is 0 Å². The molecular formula is C17H21BrN2S. The molecule has 2 aromatic rings. The molecule has 1 aromatic carbocycles. The van der Waals surface area contributed by atoms with E-state index in [0.717, 1.165) is 13.0 Å². The SMILES string of the molecule is Cc1sc(C(CN)N2CC(C)Cc3ccccc32)cc1Br. The number of halogens is 1. The van der Waals surface area contributed by atoms with Crippen LogP contribution in [0.5, 0.6) is 0 Å². The van der Waals surface area contributed by atoms with Crippen LogP contribution in [-0.4, -0.2) is 13.1 Å². The Morgan fingerprint density at radius 2 is 2.19 bits per heavy atom. The highest BCUT2D eigenvalue weighted by Crippen LogP contribution is 2.39. The molecule has 0 bridgehead atoms. The van der Waals surface area contributed by atoms with Crippen molar-refractivity contribution in [1.29, 1.82) is 0 Å². The first-order valence-electron chi connectivity index (χ1n) is 7.40. The predicted molar refractivity (Wildman–Crippen MR) is 95.2 cm³/mol. The average Bonchev–Trinajstić information content (AvgIpc) is 2.79. The molecule has 21 heavy (non-hydrogen) atoms. The van der Waals surface area contributed by atoms with Crippen LogP contribution in [0, 0.1) is 12.8 Å². The Bertz CT molecular complexity index is 618. The van der Waals surface area contributed by atoms with Gasteiger partial charge in [0.05, 0.1) is 6.04 Å². The maximum Gasteiger partial charge on any atom is 0.0757 e. The van der Waals surface area contributed by atoms with E-state index < -0.39 is 0 Å². The molecule has 0 saturated carbocycles. The third kappa shape index (κ3) is 2.89. The highest BCUT2D eigenvalue weighted by molar-refractivity contribution is 9.10. The molecule has 1 aliphatic heterocycles. The number of fused-ring (bicyclic) bond motifs is 1. The number of rotatable bonds is 3. The van der Waals surface area contributed by atoms with Crippen LogP contribution in [0.25, 0.3) is 0 Å². The molecule has 2 nitrogen and oxygen atoms in total. The van der Waals surface area contributed by atoms with Crippen molar-refractivity contribution in [3.8, 4) is 0 Å². The minimum Gasteiger partial charge on any atom is -0.362 e. The van der Waals surface area contributed by atoms with E-state index in [-0.39, 0.29) is 6.04 Å². The van der Waals surface area contributed by atoms with E-state index in [1.54, 1.807) is 0 Å². The fraction of sp³-hybridized carbons (Fsp3) is 0.412. The van der Waals surface area contributed by atoms with E-state index >= 15 is 0 Å². The summed E-state index contributed by atoms with van der Waals surface area (Å²) in [5.41, 5.74) is 8.95. The molecule has 0 spiro atoms. The van der Waals surface area contributed by atoms with Crippen LogP contribution in [0.3, 0.4) is 0 Å². The maximum atomic E-state index is 6.15. The van der Waals surface area contributed by atoms with Gasteiger partial charge in [0, 0.05) is 33.0 Å². The third-order valence-corrected chi connectivity index (χ3v) is 6.42. The van der Waals surface area contributed by atoms with Gasteiger partial charge in [-0.05, 0) is 52.9 Å². The van der Waals surface area contributed by atoms with Crippen molar-refractivity contribution in [1.82, 2.24) is 0 Å². The molecule has 2 atom stereocenters. The number of nitrogens with zero attached hydrogens (tertiary/aromatic N) is 1. The highest BCUT2D eigenvalue weighted by Gasteiger charge is 2.28. The van der Waals surface area contributed by atoms with Gasteiger partial charge < -0.3 is 10.6 Å². The number of hydrogen-bond acceptors (Lipinski definition) is 3. The second kappa shape index (κ2) is 6.11. The number of aryl methyl sites for hydroxylation is 1. The predicted octanol–water partition coefficient (Wildman–Crippen LogP) is 4.52. The van der Waals surface area contributed by atoms with Gasteiger partial charge in [0.2, 0.25) is 0 Å². The van der Waals surface area contributed by atoms with Gasteiger partial charge in [-0.25, -0.2) is 0 Å². The number of nitrogens with two attached hydrogens (primary N) is 1. The van der Waals surface area contributed by atoms with Gasteiger partial charge >= 0.3 is 0 Å². The highest BCUT2D eigenvalue weighted by atomic mass is 79.9. The van der Waals surface area contributed by atoms with Crippen molar-refractivity contribution >= 4 is 33.0 Å². The van der Waals surface area contributed by atoms with E-state index in [1.165, 1.54) is 25.5 Å². The lowest BCUT2D eigenvalue weighted by Gasteiger charge is -2.39. The fourth-order valence-electron chi connectivity index (χ4n) is 3.18. The summed E-state index contributed by atoms with van der Waals surface area (Å²) in [5.74, 6) is 0.665. The van der Waals surface area contributed by atoms with Crippen molar-refractivity contribution in [3.05, 3.63) is 50.1 Å². The normalized spacial score (nSPS) is 19.4. The fourth-order valence-corrected chi connectivity index (χ4v) is 4.86. The van der Waals surface area contributed by atoms with Crippen LogP contribution in [0.2, 0.25) is 0 Å². The van der Waals surface area contributed by atoms with Crippen molar-refractivity contribution < 1.29 is 0 Å². The first kappa shape index (κ1) is 15.1. The topological polar surface area (TPSA) is 29.3 Å². The monoisotopic (exact) mass is 364 g/mol. The Labute approximate surface area is 139 Å². The van der Waals surface area contributed by atoms with Crippen molar-refractivity contribution in [2.45, 2.75) is 26.3 Å². The first-order valence-corrected chi connectivity index (χ1v) is 9.01. The maximum absolute atomic E-state index is 6.15. The first-order chi connectivity index (χ1) is 10.1. The molecule has 3 rings (SSSR count). The molecule has 0 fully saturated rings. The molecule has 2 unspecified atom stereocenters. The van der Waals surface area contributed by atoms with E-state index in [1.807, 2.05) is 11.3 Å². The lowest BCUT2D eigenvalue weighted by molar-refractivity contribution is 0.493. The van der Waals surface area contributed by atoms with Crippen molar-refractivity contribution in [2.24, 2.45) is 11.7 Å². The Hall–Kier alpha value is -0.840. The molecule has 112 valence electrons. The molecule has 1 aromatic heterocycles. The summed E-state index contributed by atoms with van der Waals surface area (Å²) in [5, 5.41) is 0. The van der Waals surface area contributed by atoms with Crippen LogP contribution in [0.1, 0.15) is 28.3 Å². The largest absolute Gasteiger partial charge is 0.362 e. The zero-order valence-corrected chi connectivity index (χ0v) is 14.9. The van der Waals surface area contributed by atoms with Gasteiger partial charge in [-0.2, -0.15) is 0 Å². The zero-order valence-electron chi connectivity index (χ0n) is 12.5. The molecule has 1 aliphatic rings. The molecule has 0 radical (unpaired) electrons. The van der Waals surface area contributed by atoms with E-state index in [2.05, 4.69) is 65.0 Å². The quantitative estimate of drug-likeness (QED) is 0.867. The minimum atomic E-state index is 0.267. The molecule has 0 amide bonds. The number of benzene rings is 1. The Morgan fingerprint density at radius 3 is 2.86 bits per heavy atom. The molecule has 4 heteroatoms. The van der Waals surface area contributed by atoms with Gasteiger partial charge in [0.15, 0.2) is 0 Å². The summed E-state index contributed by atoms with van der Waals surface area (Å²) in [6.45, 7) is 6.20. The third-order valence-electron chi connectivity index (χ3n) is 4.18. The number of thiophene rings is 1. The summed E-state index contributed by atoms with van der Waals surface area (Å²) >= 11 is 5.48. The summed E-state index contributed by atoms with van der Waals surface area (Å²) in [6, 6.07) is 11.3. The minimum absolute atomic E-state index is 0.267. The van der Waals surface area contributed by atoms with Gasteiger partial charge in [0.1, 0.15) is 0 Å². The lowest BCUT2D eigenvalue weighted by Crippen LogP contribution is -2.40. The van der Waals surface area contributed by atoms with E-state index in [9.17, 15) is 0 Å². The second-order valence-electron chi connectivity index (χ2n) is 5.89. The van der Waals surface area contributed by atoms with Gasteiger partial charge in [-0.15, -0.1) is 11.3 Å². The standard InChI is InChI=1S/C17H21BrN2S/c1-11-7-13-5-3-4-6-15(13)20(10-11)16(9-19)17-8-14(18)12(2)21-17/h3-6,8,11,16H,7,9-10,19H2,1-2H3. The van der Waals surface area contributed by atoms with Crippen LogP contribution in [-0.2, 0) is 6.42 Å². The molecule has 0 aliphatic carbocycles. The smallest absolute Gasteiger partial charge is 0.0757 e. The van der Waals surface area contributed by atoms with Crippen LogP contribution < -0.4 is 10.6 Å².